The first kappa shape index (κ1) is 23.6. The van der Waals surface area contributed by atoms with Gasteiger partial charge in [0, 0.05) is 31.6 Å². The first-order valence-corrected chi connectivity index (χ1v) is 11.7. The summed E-state index contributed by atoms with van der Waals surface area (Å²) >= 11 is 0. The Morgan fingerprint density at radius 3 is 2.23 bits per heavy atom. The molecule has 2 aromatic rings. The standard InChI is InChI=1S/C22H29N3O4S/c1-2-18-10-12-20(13-11-18)22(27)24-14-6-9-21(26)23-15-16-30(28,29)25-17-19-7-4-3-5-8-19/h3-5,7-8,10-13,25H,2,6,9,14-17H2,1H3,(H,23,26)(H,24,27). The molecule has 0 heterocycles. The first-order valence-electron chi connectivity index (χ1n) is 10.0. The van der Waals surface area contributed by atoms with Gasteiger partial charge in [0.1, 0.15) is 0 Å². The monoisotopic (exact) mass is 431 g/mol. The molecule has 8 heteroatoms. The summed E-state index contributed by atoms with van der Waals surface area (Å²) in [5.41, 5.74) is 2.62. The third-order valence-electron chi connectivity index (χ3n) is 4.52. The number of hydrogen-bond acceptors (Lipinski definition) is 4. The number of carbonyl (C=O) groups is 2. The normalized spacial score (nSPS) is 11.1. The zero-order valence-electron chi connectivity index (χ0n) is 17.2. The molecule has 0 bridgehead atoms. The summed E-state index contributed by atoms with van der Waals surface area (Å²) in [6, 6.07) is 16.6. The molecule has 0 aliphatic carbocycles. The minimum Gasteiger partial charge on any atom is -0.355 e. The predicted molar refractivity (Wildman–Crippen MR) is 117 cm³/mol. The van der Waals surface area contributed by atoms with E-state index in [1.165, 1.54) is 5.56 Å². The molecule has 2 aromatic carbocycles. The van der Waals surface area contributed by atoms with Crippen molar-refractivity contribution in [1.29, 1.82) is 0 Å². The van der Waals surface area contributed by atoms with Crippen LogP contribution in [0.1, 0.15) is 41.3 Å². The molecule has 0 unspecified atom stereocenters. The van der Waals surface area contributed by atoms with Gasteiger partial charge in [-0.3, -0.25) is 9.59 Å². The van der Waals surface area contributed by atoms with Gasteiger partial charge in [0.15, 0.2) is 0 Å². The van der Waals surface area contributed by atoms with Crippen molar-refractivity contribution in [1.82, 2.24) is 15.4 Å². The van der Waals surface area contributed by atoms with E-state index < -0.39 is 10.0 Å². The van der Waals surface area contributed by atoms with E-state index >= 15 is 0 Å². The summed E-state index contributed by atoms with van der Waals surface area (Å²) in [4.78, 5) is 23.9. The summed E-state index contributed by atoms with van der Waals surface area (Å²) in [5, 5.41) is 5.38. The van der Waals surface area contributed by atoms with Gasteiger partial charge in [-0.25, -0.2) is 13.1 Å². The van der Waals surface area contributed by atoms with Crippen LogP contribution >= 0.6 is 0 Å². The topological polar surface area (TPSA) is 104 Å². The van der Waals surface area contributed by atoms with Crippen LogP contribution in [0.5, 0.6) is 0 Å². The van der Waals surface area contributed by atoms with Crippen LogP contribution in [0, 0.1) is 0 Å². The van der Waals surface area contributed by atoms with E-state index in [9.17, 15) is 18.0 Å². The van der Waals surface area contributed by atoms with Gasteiger partial charge in [0.2, 0.25) is 15.9 Å². The third kappa shape index (κ3) is 8.75. The highest BCUT2D eigenvalue weighted by Gasteiger charge is 2.11. The van der Waals surface area contributed by atoms with Crippen molar-refractivity contribution >= 4 is 21.8 Å². The molecule has 2 rings (SSSR count). The van der Waals surface area contributed by atoms with E-state index in [0.29, 0.717) is 18.5 Å². The Morgan fingerprint density at radius 2 is 1.57 bits per heavy atom. The van der Waals surface area contributed by atoms with Crippen molar-refractivity contribution < 1.29 is 18.0 Å². The lowest BCUT2D eigenvalue weighted by molar-refractivity contribution is -0.121. The fourth-order valence-electron chi connectivity index (χ4n) is 2.72. The highest BCUT2D eigenvalue weighted by molar-refractivity contribution is 7.89. The van der Waals surface area contributed by atoms with Crippen LogP contribution in [-0.2, 0) is 27.8 Å². The van der Waals surface area contributed by atoms with Gasteiger partial charge in [0.05, 0.1) is 5.75 Å². The van der Waals surface area contributed by atoms with E-state index in [2.05, 4.69) is 22.3 Å². The molecule has 0 aromatic heterocycles. The van der Waals surface area contributed by atoms with Crippen LogP contribution in [0.3, 0.4) is 0 Å². The highest BCUT2D eigenvalue weighted by Crippen LogP contribution is 2.05. The molecule has 3 N–H and O–H groups in total. The van der Waals surface area contributed by atoms with E-state index in [1.54, 1.807) is 12.1 Å². The summed E-state index contributed by atoms with van der Waals surface area (Å²) in [7, 11) is -3.47. The Balaban J connectivity index is 1.58. The van der Waals surface area contributed by atoms with E-state index in [4.69, 9.17) is 0 Å². The van der Waals surface area contributed by atoms with Crippen LogP contribution in [0.15, 0.2) is 54.6 Å². The summed E-state index contributed by atoms with van der Waals surface area (Å²) in [6.45, 7) is 2.69. The average Bonchev–Trinajstić information content (AvgIpc) is 2.76. The van der Waals surface area contributed by atoms with E-state index in [-0.39, 0.29) is 37.1 Å². The summed E-state index contributed by atoms with van der Waals surface area (Å²) in [5.74, 6) is -0.598. The molecular formula is C22H29N3O4S. The smallest absolute Gasteiger partial charge is 0.251 e. The zero-order valence-corrected chi connectivity index (χ0v) is 18.0. The zero-order chi connectivity index (χ0) is 21.8. The SMILES string of the molecule is CCc1ccc(C(=O)NCCCC(=O)NCCS(=O)(=O)NCc2ccccc2)cc1. The second-order valence-electron chi connectivity index (χ2n) is 6.89. The maximum atomic E-state index is 12.1. The van der Waals surface area contributed by atoms with Crippen molar-refractivity contribution in [3.63, 3.8) is 0 Å². The van der Waals surface area contributed by atoms with Gasteiger partial charge in [-0.15, -0.1) is 0 Å². The predicted octanol–water partition coefficient (Wildman–Crippen LogP) is 1.99. The van der Waals surface area contributed by atoms with Gasteiger partial charge < -0.3 is 10.6 Å². The van der Waals surface area contributed by atoms with Crippen molar-refractivity contribution in [2.45, 2.75) is 32.7 Å². The third-order valence-corrected chi connectivity index (χ3v) is 5.85. The number of sulfonamides is 1. The Hall–Kier alpha value is -2.71. The molecule has 0 fully saturated rings. The Bertz CT molecular complexity index is 913. The minimum atomic E-state index is -3.47. The molecule has 0 radical (unpaired) electrons. The number of amides is 2. The number of benzene rings is 2. The van der Waals surface area contributed by atoms with E-state index in [1.807, 2.05) is 42.5 Å². The number of rotatable bonds is 12. The fraction of sp³-hybridized carbons (Fsp3) is 0.364. The van der Waals surface area contributed by atoms with Crippen LogP contribution in [0.2, 0.25) is 0 Å². The molecule has 162 valence electrons. The number of nitrogens with one attached hydrogen (secondary N) is 3. The molecule has 2 amide bonds. The Morgan fingerprint density at radius 1 is 0.867 bits per heavy atom. The quantitative estimate of drug-likeness (QED) is 0.447. The van der Waals surface area contributed by atoms with Gasteiger partial charge in [-0.05, 0) is 36.1 Å². The molecule has 0 aliphatic heterocycles. The molecule has 0 saturated carbocycles. The van der Waals surface area contributed by atoms with Crippen molar-refractivity contribution in [3.8, 4) is 0 Å². The maximum Gasteiger partial charge on any atom is 0.251 e. The summed E-state index contributed by atoms with van der Waals surface area (Å²) in [6.07, 6.45) is 1.61. The van der Waals surface area contributed by atoms with Gasteiger partial charge in [-0.1, -0.05) is 49.4 Å². The van der Waals surface area contributed by atoms with Crippen LogP contribution in [0.25, 0.3) is 0 Å². The van der Waals surface area contributed by atoms with Crippen LogP contribution < -0.4 is 15.4 Å². The molecule has 7 nitrogen and oxygen atoms in total. The number of carbonyl (C=O) groups excluding carboxylic acids is 2. The number of hydrogen-bond donors (Lipinski definition) is 3. The second kappa shape index (κ2) is 12.1. The Kier molecular flexibility index (Phi) is 9.50. The largest absolute Gasteiger partial charge is 0.355 e. The molecule has 0 saturated heterocycles. The number of aryl methyl sites for hydroxylation is 1. The van der Waals surface area contributed by atoms with Crippen molar-refractivity contribution in [3.05, 3.63) is 71.3 Å². The minimum absolute atomic E-state index is 0.0408. The van der Waals surface area contributed by atoms with Gasteiger partial charge >= 0.3 is 0 Å². The van der Waals surface area contributed by atoms with Gasteiger partial charge in [-0.2, -0.15) is 0 Å². The first-order chi connectivity index (χ1) is 14.4. The summed E-state index contributed by atoms with van der Waals surface area (Å²) < 4.78 is 26.5. The lowest BCUT2D eigenvalue weighted by atomic mass is 10.1. The van der Waals surface area contributed by atoms with Crippen LogP contribution in [0.4, 0.5) is 0 Å². The molecule has 0 spiro atoms. The van der Waals surface area contributed by atoms with E-state index in [0.717, 1.165) is 12.0 Å². The maximum absolute atomic E-state index is 12.1. The molecule has 30 heavy (non-hydrogen) atoms. The van der Waals surface area contributed by atoms with Crippen LogP contribution in [-0.4, -0.2) is 39.1 Å². The highest BCUT2D eigenvalue weighted by atomic mass is 32.2. The van der Waals surface area contributed by atoms with Gasteiger partial charge in [0.25, 0.3) is 5.91 Å². The lowest BCUT2D eigenvalue weighted by Crippen LogP contribution is -2.34. The van der Waals surface area contributed by atoms with Crippen molar-refractivity contribution in [2.75, 3.05) is 18.8 Å². The molecule has 0 atom stereocenters. The molecule has 0 aliphatic rings. The van der Waals surface area contributed by atoms with Crippen molar-refractivity contribution in [2.24, 2.45) is 0 Å². The second-order valence-corrected chi connectivity index (χ2v) is 8.81. The lowest BCUT2D eigenvalue weighted by Gasteiger charge is -2.09. The fourth-order valence-corrected chi connectivity index (χ4v) is 3.62. The Labute approximate surface area is 178 Å². The molecular weight excluding hydrogens is 402 g/mol. The average molecular weight is 432 g/mol.